The van der Waals surface area contributed by atoms with Gasteiger partial charge in [-0.3, -0.25) is 0 Å². The first kappa shape index (κ1) is 31.4. The zero-order chi connectivity index (χ0) is 31.6. The maximum Gasteiger partial charge on any atom is 0.416 e. The molecular weight excluding hydrogens is 626 g/mol. The van der Waals surface area contributed by atoms with E-state index in [0.717, 1.165) is 40.4 Å². The van der Waals surface area contributed by atoms with Crippen molar-refractivity contribution >= 4 is 26.7 Å². The molecule has 0 aliphatic rings. The summed E-state index contributed by atoms with van der Waals surface area (Å²) in [5, 5.41) is 9.64. The first-order valence-electron chi connectivity index (χ1n) is 11.7. The highest BCUT2D eigenvalue weighted by Crippen LogP contribution is 2.40. The molecule has 0 fully saturated rings. The molecule has 0 bridgehead atoms. The molecule has 0 unspecified atom stereocenters. The molecule has 17 heteroatoms. The van der Waals surface area contributed by atoms with Gasteiger partial charge in [0.05, 0.1) is 42.4 Å². The molecule has 0 saturated carbocycles. The van der Waals surface area contributed by atoms with Crippen molar-refractivity contribution in [1.29, 1.82) is 5.26 Å². The van der Waals surface area contributed by atoms with Gasteiger partial charge in [0, 0.05) is 23.2 Å². The Morgan fingerprint density at radius 3 is 2.09 bits per heavy atom. The van der Waals surface area contributed by atoms with Crippen LogP contribution >= 0.6 is 11.5 Å². The molecule has 0 N–H and O–H groups in total. The van der Waals surface area contributed by atoms with Gasteiger partial charge >= 0.3 is 12.4 Å². The molecule has 0 radical (unpaired) electrons. The molecule has 4 aromatic rings. The van der Waals surface area contributed by atoms with Crippen LogP contribution in [0.1, 0.15) is 22.3 Å². The van der Waals surface area contributed by atoms with E-state index in [1.807, 2.05) is 0 Å². The van der Waals surface area contributed by atoms with E-state index in [-0.39, 0.29) is 17.7 Å². The van der Waals surface area contributed by atoms with Gasteiger partial charge < -0.3 is 14.2 Å². The second kappa shape index (κ2) is 12.0. The molecule has 0 amide bonds. The molecule has 43 heavy (non-hydrogen) atoms. The normalized spacial score (nSPS) is 12.0. The van der Waals surface area contributed by atoms with E-state index < -0.39 is 55.5 Å². The third-order valence-corrected chi connectivity index (χ3v) is 8.36. The van der Waals surface area contributed by atoms with Crippen molar-refractivity contribution in [1.82, 2.24) is 9.36 Å². The zero-order valence-electron chi connectivity index (χ0n) is 21.9. The van der Waals surface area contributed by atoms with Gasteiger partial charge in [-0.1, -0.05) is 0 Å². The third kappa shape index (κ3) is 6.92. The van der Waals surface area contributed by atoms with Crippen LogP contribution in [0.2, 0.25) is 0 Å². The number of sulfonamides is 1. The highest BCUT2D eigenvalue weighted by atomic mass is 32.2. The summed E-state index contributed by atoms with van der Waals surface area (Å²) in [7, 11) is -1.67. The quantitative estimate of drug-likeness (QED) is 0.186. The number of hydrogen-bond acceptors (Lipinski definition) is 9. The smallest absolute Gasteiger partial charge is 0.416 e. The second-order valence-electron chi connectivity index (χ2n) is 8.53. The Balaban J connectivity index is 1.74. The topological polar surface area (TPSA) is 115 Å². The fourth-order valence-corrected chi connectivity index (χ4v) is 5.91. The number of alkyl halides is 6. The third-order valence-electron chi connectivity index (χ3n) is 5.82. The Hall–Kier alpha value is -4.56. The van der Waals surface area contributed by atoms with Gasteiger partial charge in [-0.05, 0) is 48.5 Å². The number of nitrogens with zero attached hydrogens (tertiary/aromatic N) is 4. The molecule has 3 aromatic carbocycles. The Labute approximate surface area is 244 Å². The highest BCUT2D eigenvalue weighted by Gasteiger charge is 2.37. The van der Waals surface area contributed by atoms with E-state index in [9.17, 15) is 40.0 Å². The van der Waals surface area contributed by atoms with Gasteiger partial charge in [-0.15, -0.1) is 0 Å². The van der Waals surface area contributed by atoms with Crippen molar-refractivity contribution in [2.75, 3.05) is 18.5 Å². The molecule has 0 aliphatic heterocycles. The van der Waals surface area contributed by atoms with Gasteiger partial charge in [-0.25, -0.2) is 17.7 Å². The maximum absolute atomic E-state index is 13.8. The van der Waals surface area contributed by atoms with Crippen molar-refractivity contribution in [2.24, 2.45) is 0 Å². The molecule has 0 aliphatic carbocycles. The predicted molar refractivity (Wildman–Crippen MR) is 141 cm³/mol. The molecule has 226 valence electrons. The number of benzene rings is 3. The standard InChI is InChI=1S/C26H18F6N4O5S2/c1-39-19-4-3-15(23(11-19)40-2)13-36(24-34-14-35-42-24)43(37,38)21-5-6-22(16(7-21)12-33)41-20-9-17(25(27,28)29)8-18(10-20)26(30,31)32/h3-11,14H,13H2,1-2H3. The van der Waals surface area contributed by atoms with Gasteiger partial charge in [-0.2, -0.15) is 36.0 Å². The van der Waals surface area contributed by atoms with Crippen LogP contribution in [0.5, 0.6) is 23.0 Å². The monoisotopic (exact) mass is 644 g/mol. The lowest BCUT2D eigenvalue weighted by molar-refractivity contribution is -0.143. The van der Waals surface area contributed by atoms with E-state index >= 15 is 0 Å². The van der Waals surface area contributed by atoms with Crippen molar-refractivity contribution in [3.05, 3.63) is 83.2 Å². The first-order chi connectivity index (χ1) is 20.2. The minimum absolute atomic E-state index is 0.0413. The summed E-state index contributed by atoms with van der Waals surface area (Å²) < 4.78 is 128. The van der Waals surface area contributed by atoms with E-state index in [1.165, 1.54) is 20.3 Å². The number of ether oxygens (including phenoxy) is 3. The van der Waals surface area contributed by atoms with Crippen LogP contribution in [-0.2, 0) is 28.9 Å². The van der Waals surface area contributed by atoms with E-state index in [1.54, 1.807) is 18.2 Å². The summed E-state index contributed by atoms with van der Waals surface area (Å²) in [6.45, 7) is -0.296. The minimum atomic E-state index is -5.13. The lowest BCUT2D eigenvalue weighted by Gasteiger charge is -2.23. The molecule has 1 heterocycles. The van der Waals surface area contributed by atoms with E-state index in [4.69, 9.17) is 14.2 Å². The fraction of sp³-hybridized carbons (Fsp3) is 0.192. The number of aromatic nitrogens is 2. The molecule has 9 nitrogen and oxygen atoms in total. The highest BCUT2D eigenvalue weighted by molar-refractivity contribution is 7.93. The average Bonchev–Trinajstić information content (AvgIpc) is 3.49. The molecule has 0 saturated heterocycles. The van der Waals surface area contributed by atoms with Crippen LogP contribution in [0.25, 0.3) is 0 Å². The van der Waals surface area contributed by atoms with E-state index in [0.29, 0.717) is 29.2 Å². The second-order valence-corrected chi connectivity index (χ2v) is 11.1. The molecule has 0 spiro atoms. The Morgan fingerprint density at radius 1 is 0.884 bits per heavy atom. The minimum Gasteiger partial charge on any atom is -0.497 e. The van der Waals surface area contributed by atoms with Crippen LogP contribution in [0.15, 0.2) is 65.8 Å². The molecule has 0 atom stereocenters. The van der Waals surface area contributed by atoms with Crippen LogP contribution < -0.4 is 18.5 Å². The van der Waals surface area contributed by atoms with Crippen molar-refractivity contribution < 1.29 is 49.0 Å². The number of methoxy groups -OCH3 is 2. The largest absolute Gasteiger partial charge is 0.497 e. The lowest BCUT2D eigenvalue weighted by Crippen LogP contribution is -2.30. The Morgan fingerprint density at radius 2 is 1.56 bits per heavy atom. The summed E-state index contributed by atoms with van der Waals surface area (Å²) in [6.07, 6.45) is -9.12. The number of anilines is 1. The van der Waals surface area contributed by atoms with Crippen LogP contribution in [0.3, 0.4) is 0 Å². The maximum atomic E-state index is 13.8. The number of halogens is 6. The van der Waals surface area contributed by atoms with Gasteiger partial charge in [0.25, 0.3) is 10.0 Å². The van der Waals surface area contributed by atoms with Crippen molar-refractivity contribution in [3.63, 3.8) is 0 Å². The number of hydrogen-bond donors (Lipinski definition) is 0. The van der Waals surface area contributed by atoms with Crippen LogP contribution in [0.4, 0.5) is 31.5 Å². The molecule has 4 rings (SSSR count). The summed E-state index contributed by atoms with van der Waals surface area (Å²) in [4.78, 5) is 3.54. The van der Waals surface area contributed by atoms with Gasteiger partial charge in [0.15, 0.2) is 0 Å². The average molecular weight is 645 g/mol. The summed E-state index contributed by atoms with van der Waals surface area (Å²) in [5.41, 5.74) is -3.33. The zero-order valence-corrected chi connectivity index (χ0v) is 23.5. The SMILES string of the molecule is COc1ccc(CN(c2ncns2)S(=O)(=O)c2ccc(Oc3cc(C(F)(F)F)cc(C(F)(F)F)c3)c(C#N)c2)c(OC)c1. The van der Waals surface area contributed by atoms with Crippen LogP contribution in [0, 0.1) is 11.3 Å². The first-order valence-corrected chi connectivity index (χ1v) is 13.9. The summed E-state index contributed by atoms with van der Waals surface area (Å²) in [6, 6.07) is 9.76. The summed E-state index contributed by atoms with van der Waals surface area (Å²) in [5.74, 6) is -0.599. The van der Waals surface area contributed by atoms with Gasteiger partial charge in [0.2, 0.25) is 5.13 Å². The molecule has 1 aromatic heterocycles. The van der Waals surface area contributed by atoms with Gasteiger partial charge in [0.1, 0.15) is 35.4 Å². The summed E-state index contributed by atoms with van der Waals surface area (Å²) >= 11 is 0.761. The van der Waals surface area contributed by atoms with Crippen molar-refractivity contribution in [3.8, 4) is 29.1 Å². The fourth-order valence-electron chi connectivity index (χ4n) is 3.76. The Bertz CT molecular complexity index is 1740. The number of rotatable bonds is 9. The van der Waals surface area contributed by atoms with Crippen molar-refractivity contribution in [2.45, 2.75) is 23.8 Å². The van der Waals surface area contributed by atoms with Crippen LogP contribution in [-0.4, -0.2) is 32.0 Å². The lowest BCUT2D eigenvalue weighted by atomic mass is 10.1. The predicted octanol–water partition coefficient (Wildman–Crippen LogP) is 6.65. The number of nitriles is 1. The van der Waals surface area contributed by atoms with E-state index in [2.05, 4.69) is 9.36 Å². The Kier molecular flexibility index (Phi) is 8.74. The molecular formula is C26H18F6N4O5S2.